The highest BCUT2D eigenvalue weighted by Gasteiger charge is 2.41. The average molecular weight is 476 g/mol. The maximum Gasteiger partial charge on any atom is 0.237 e. The van der Waals surface area contributed by atoms with E-state index in [9.17, 15) is 9.59 Å². The van der Waals surface area contributed by atoms with Crippen molar-refractivity contribution in [3.63, 3.8) is 0 Å². The summed E-state index contributed by atoms with van der Waals surface area (Å²) in [5.41, 5.74) is 12.9. The fourth-order valence-electron chi connectivity index (χ4n) is 3.60. The first-order chi connectivity index (χ1) is 14.2. The highest BCUT2D eigenvalue weighted by molar-refractivity contribution is 9.10. The van der Waals surface area contributed by atoms with Gasteiger partial charge in [-0.05, 0) is 49.7 Å². The van der Waals surface area contributed by atoms with Gasteiger partial charge in [-0.15, -0.1) is 0 Å². The smallest absolute Gasteiger partial charge is 0.237 e. The van der Waals surface area contributed by atoms with E-state index in [-0.39, 0.29) is 12.0 Å². The topological polar surface area (TPSA) is 124 Å². The van der Waals surface area contributed by atoms with Crippen LogP contribution in [-0.4, -0.2) is 46.4 Å². The van der Waals surface area contributed by atoms with Crippen molar-refractivity contribution in [1.29, 1.82) is 0 Å². The molecule has 5 N–H and O–H groups in total. The number of anilines is 1. The predicted molar refractivity (Wildman–Crippen MR) is 118 cm³/mol. The minimum Gasteiger partial charge on any atom is -0.489 e. The van der Waals surface area contributed by atoms with Crippen molar-refractivity contribution in [3.05, 3.63) is 52.1 Å². The van der Waals surface area contributed by atoms with E-state index in [4.69, 9.17) is 16.2 Å². The Balaban J connectivity index is 1.63. The summed E-state index contributed by atoms with van der Waals surface area (Å²) in [7, 11) is 0. The second kappa shape index (κ2) is 9.44. The van der Waals surface area contributed by atoms with Gasteiger partial charge in [0.1, 0.15) is 17.7 Å². The Morgan fingerprint density at radius 1 is 1.30 bits per heavy atom. The number of aryl methyl sites for hydroxylation is 1. The molecule has 8 nitrogen and oxygen atoms in total. The molecule has 1 aliphatic rings. The number of halogens is 1. The highest BCUT2D eigenvalue weighted by Crippen LogP contribution is 2.26. The van der Waals surface area contributed by atoms with Gasteiger partial charge in [0.15, 0.2) is 0 Å². The maximum atomic E-state index is 12.8. The number of carbonyl (C=O) groups excluding carboxylic acids is 2. The Labute approximate surface area is 184 Å². The van der Waals surface area contributed by atoms with Gasteiger partial charge in [0, 0.05) is 29.7 Å². The lowest BCUT2D eigenvalue weighted by Gasteiger charge is -2.27. The molecule has 2 aromatic rings. The first-order valence-electron chi connectivity index (χ1n) is 9.71. The van der Waals surface area contributed by atoms with Gasteiger partial charge in [0.05, 0.1) is 12.1 Å². The van der Waals surface area contributed by atoms with Gasteiger partial charge >= 0.3 is 0 Å². The van der Waals surface area contributed by atoms with E-state index in [0.29, 0.717) is 31.1 Å². The SMILES string of the molecule is Cc1nc(N)ccc1CNC(=O)[C@H](C)N1CC(Oc2ccc(Br)cc2)CC1C(N)=O. The number of benzene rings is 1. The number of rotatable bonds is 7. The zero-order valence-corrected chi connectivity index (χ0v) is 18.6. The van der Waals surface area contributed by atoms with Gasteiger partial charge in [0.25, 0.3) is 0 Å². The molecule has 9 heteroatoms. The first-order valence-corrected chi connectivity index (χ1v) is 10.5. The fraction of sp³-hybridized carbons (Fsp3) is 0.381. The molecule has 3 atom stereocenters. The standard InChI is InChI=1S/C21H26BrN5O3/c1-12-14(3-8-19(23)26-12)10-25-21(29)13(2)27-11-17(9-18(27)20(24)28)30-16-6-4-15(22)5-7-16/h3-8,13,17-18H,9-11H2,1-2H3,(H2,23,26)(H2,24,28)(H,25,29)/t13-,17?,18?/m0/s1. The highest BCUT2D eigenvalue weighted by atomic mass is 79.9. The monoisotopic (exact) mass is 475 g/mol. The summed E-state index contributed by atoms with van der Waals surface area (Å²) in [5, 5.41) is 2.91. The number of pyridine rings is 1. The molecular formula is C21H26BrN5O3. The first kappa shape index (κ1) is 22.0. The molecule has 0 radical (unpaired) electrons. The summed E-state index contributed by atoms with van der Waals surface area (Å²) < 4.78 is 6.96. The van der Waals surface area contributed by atoms with Crippen molar-refractivity contribution in [2.45, 2.75) is 45.0 Å². The molecule has 1 aromatic heterocycles. The molecule has 1 fully saturated rings. The number of amides is 2. The van der Waals surface area contributed by atoms with Crippen LogP contribution < -0.4 is 21.5 Å². The van der Waals surface area contributed by atoms with Gasteiger partial charge in [-0.2, -0.15) is 0 Å². The second-order valence-corrected chi connectivity index (χ2v) is 8.33. The lowest BCUT2D eigenvalue weighted by molar-refractivity contribution is -0.129. The number of likely N-dealkylation sites (tertiary alicyclic amines) is 1. The van der Waals surface area contributed by atoms with Crippen LogP contribution in [0.4, 0.5) is 5.82 Å². The van der Waals surface area contributed by atoms with Crippen LogP contribution in [-0.2, 0) is 16.1 Å². The van der Waals surface area contributed by atoms with Crippen LogP contribution in [0.2, 0.25) is 0 Å². The third-order valence-electron chi connectivity index (χ3n) is 5.29. The Bertz CT molecular complexity index is 921. The number of nitrogen functional groups attached to an aromatic ring is 1. The molecule has 0 saturated carbocycles. The summed E-state index contributed by atoms with van der Waals surface area (Å²) in [6.07, 6.45) is 0.201. The number of hydrogen-bond donors (Lipinski definition) is 3. The van der Waals surface area contributed by atoms with Crippen molar-refractivity contribution in [2.75, 3.05) is 12.3 Å². The molecule has 1 aromatic carbocycles. The molecule has 0 bridgehead atoms. The Morgan fingerprint density at radius 3 is 2.63 bits per heavy atom. The normalized spacial score (nSPS) is 20.0. The van der Waals surface area contributed by atoms with Crippen molar-refractivity contribution in [1.82, 2.24) is 15.2 Å². The van der Waals surface area contributed by atoms with Gasteiger partial charge < -0.3 is 21.5 Å². The van der Waals surface area contributed by atoms with E-state index in [2.05, 4.69) is 26.2 Å². The zero-order valence-electron chi connectivity index (χ0n) is 17.0. The molecule has 1 saturated heterocycles. The molecule has 0 aliphatic carbocycles. The average Bonchev–Trinajstić information content (AvgIpc) is 3.12. The van der Waals surface area contributed by atoms with E-state index in [1.54, 1.807) is 17.9 Å². The number of nitrogens with one attached hydrogen (secondary N) is 1. The van der Waals surface area contributed by atoms with Crippen LogP contribution >= 0.6 is 15.9 Å². The molecule has 0 spiro atoms. The number of primary amides is 1. The maximum absolute atomic E-state index is 12.8. The molecule has 1 aliphatic heterocycles. The van der Waals surface area contributed by atoms with Crippen molar-refractivity contribution < 1.29 is 14.3 Å². The van der Waals surface area contributed by atoms with Gasteiger partial charge in [-0.1, -0.05) is 22.0 Å². The molecule has 2 heterocycles. The Hall–Kier alpha value is -2.65. The van der Waals surface area contributed by atoms with E-state index < -0.39 is 18.0 Å². The lowest BCUT2D eigenvalue weighted by Crippen LogP contribution is -2.51. The minimum atomic E-state index is -0.564. The van der Waals surface area contributed by atoms with E-state index in [1.807, 2.05) is 37.3 Å². The largest absolute Gasteiger partial charge is 0.489 e. The summed E-state index contributed by atoms with van der Waals surface area (Å²) in [5.74, 6) is 0.489. The number of aromatic nitrogens is 1. The third kappa shape index (κ3) is 5.28. The number of nitrogens with two attached hydrogens (primary N) is 2. The van der Waals surface area contributed by atoms with Crippen molar-refractivity contribution >= 4 is 33.6 Å². The van der Waals surface area contributed by atoms with Crippen LogP contribution in [0.15, 0.2) is 40.9 Å². The number of hydrogen-bond acceptors (Lipinski definition) is 6. The summed E-state index contributed by atoms with van der Waals surface area (Å²) in [4.78, 5) is 30.8. The molecule has 2 amide bonds. The second-order valence-electron chi connectivity index (χ2n) is 7.42. The van der Waals surface area contributed by atoms with Crippen LogP contribution in [0.25, 0.3) is 0 Å². The van der Waals surface area contributed by atoms with Gasteiger partial charge in [-0.25, -0.2) is 4.98 Å². The molecule has 160 valence electrons. The lowest BCUT2D eigenvalue weighted by atomic mass is 10.1. The number of nitrogens with zero attached hydrogens (tertiary/aromatic N) is 2. The summed E-state index contributed by atoms with van der Waals surface area (Å²) in [6, 6.07) is 9.92. The Kier molecular flexibility index (Phi) is 6.94. The molecule has 3 rings (SSSR count). The van der Waals surface area contributed by atoms with Crippen LogP contribution in [0.1, 0.15) is 24.6 Å². The molecule has 2 unspecified atom stereocenters. The Morgan fingerprint density at radius 2 is 2.00 bits per heavy atom. The van der Waals surface area contributed by atoms with Crippen molar-refractivity contribution in [2.24, 2.45) is 5.73 Å². The molecule has 30 heavy (non-hydrogen) atoms. The van der Waals surface area contributed by atoms with E-state index >= 15 is 0 Å². The van der Waals surface area contributed by atoms with E-state index in [1.165, 1.54) is 0 Å². The zero-order chi connectivity index (χ0) is 21.8. The van der Waals surface area contributed by atoms with Crippen LogP contribution in [0.5, 0.6) is 5.75 Å². The minimum absolute atomic E-state index is 0.193. The molecular weight excluding hydrogens is 450 g/mol. The predicted octanol–water partition coefficient (Wildman–Crippen LogP) is 1.75. The summed E-state index contributed by atoms with van der Waals surface area (Å²) >= 11 is 3.39. The van der Waals surface area contributed by atoms with Gasteiger partial charge in [-0.3, -0.25) is 14.5 Å². The van der Waals surface area contributed by atoms with Crippen LogP contribution in [0, 0.1) is 6.92 Å². The van der Waals surface area contributed by atoms with Gasteiger partial charge in [0.2, 0.25) is 11.8 Å². The van der Waals surface area contributed by atoms with Crippen LogP contribution in [0.3, 0.4) is 0 Å². The number of ether oxygens (including phenoxy) is 1. The number of carbonyl (C=O) groups is 2. The summed E-state index contributed by atoms with van der Waals surface area (Å²) in [6.45, 7) is 4.37. The fourth-order valence-corrected chi connectivity index (χ4v) is 3.86. The van der Waals surface area contributed by atoms with E-state index in [0.717, 1.165) is 15.7 Å². The third-order valence-corrected chi connectivity index (χ3v) is 5.82. The quantitative estimate of drug-likeness (QED) is 0.560. The van der Waals surface area contributed by atoms with Crippen molar-refractivity contribution in [3.8, 4) is 5.75 Å².